The molecule has 1 heterocycles. The van der Waals surface area contributed by atoms with Crippen molar-refractivity contribution in [3.05, 3.63) is 22.6 Å². The van der Waals surface area contributed by atoms with E-state index in [2.05, 4.69) is 31.3 Å². The first kappa shape index (κ1) is 84.2. The van der Waals surface area contributed by atoms with Gasteiger partial charge in [0.1, 0.15) is 66.5 Å². The van der Waals surface area contributed by atoms with E-state index in [0.29, 0.717) is 19.3 Å². The highest BCUT2D eigenvalue weighted by molar-refractivity contribution is 6.00. The van der Waals surface area contributed by atoms with Crippen LogP contribution in [0.2, 0.25) is 0 Å². The van der Waals surface area contributed by atoms with Crippen LogP contribution in [0.5, 0.6) is 0 Å². The smallest absolute Gasteiger partial charge is 0.246 e. The van der Waals surface area contributed by atoms with Crippen molar-refractivity contribution in [2.75, 3.05) is 62.0 Å². The monoisotopic (exact) mass is 1310 g/mol. The van der Waals surface area contributed by atoms with E-state index in [-0.39, 0.29) is 63.1 Å². The summed E-state index contributed by atoms with van der Waals surface area (Å²) in [5.74, 6) is -10.4. The topological polar surface area (TPSA) is 337 Å². The van der Waals surface area contributed by atoms with Gasteiger partial charge in [-0.2, -0.15) is 0 Å². The van der Waals surface area contributed by atoms with Crippen LogP contribution in [-0.4, -0.2) is 245 Å². The van der Waals surface area contributed by atoms with Gasteiger partial charge in [0, 0.05) is 72.8 Å². The molecule has 11 amide bonds. The van der Waals surface area contributed by atoms with Crippen LogP contribution in [0.25, 0.3) is 10.4 Å². The van der Waals surface area contributed by atoms with Gasteiger partial charge in [-0.1, -0.05) is 107 Å². The Labute approximate surface area is 554 Å². The Balaban J connectivity index is 4.51. The van der Waals surface area contributed by atoms with Crippen LogP contribution < -0.4 is 21.3 Å². The number of amides is 11. The fourth-order valence-electron chi connectivity index (χ4n) is 11.7. The Morgan fingerprint density at radius 3 is 1.49 bits per heavy atom. The second-order valence-electron chi connectivity index (χ2n) is 27.2. The van der Waals surface area contributed by atoms with E-state index in [1.807, 2.05) is 41.5 Å². The first-order valence-electron chi connectivity index (χ1n) is 33.3. The van der Waals surface area contributed by atoms with Crippen LogP contribution in [0.15, 0.2) is 17.3 Å². The molecular formula is C66H118N14O13. The Hall–Kier alpha value is -6.86. The molecule has 1 aliphatic heterocycles. The van der Waals surface area contributed by atoms with E-state index < -0.39 is 161 Å². The SMILES string of the molecule is C/C=C/[C@@H](C)[C@@H](O)[C@H]1C(=O)N[C@@H](CC)C(=O)N(CCC)[C@H](C)C(=O)N(C)C([C@@H](C)OCCCCN=[N+]=[N-])C(=O)N[C@@H](C(C)C)C(=O)N(C)[C@@H](CC(C)C)C(=O)N[C@@H](C)C(=O)N[C@H](C)C(=O)N(C)[C@@H](CC(C)C)C(=O)N(C)[C@@H](CC(C)C)C(=O)N(C)[C@@H](C(C)C)C(=O)N1C. The third-order valence-electron chi connectivity index (χ3n) is 17.3. The number of unbranched alkanes of at least 4 members (excludes halogenated alkanes) is 1. The van der Waals surface area contributed by atoms with Crippen molar-refractivity contribution in [2.45, 2.75) is 248 Å². The number of aliphatic hydroxyl groups excluding tert-OH is 1. The minimum atomic E-state index is -1.67. The van der Waals surface area contributed by atoms with Gasteiger partial charge in [0.05, 0.1) is 12.2 Å². The van der Waals surface area contributed by atoms with Gasteiger partial charge in [-0.05, 0) is 115 Å². The maximum Gasteiger partial charge on any atom is 0.246 e. The maximum absolute atomic E-state index is 15.3. The van der Waals surface area contributed by atoms with Gasteiger partial charge in [0.25, 0.3) is 0 Å². The highest BCUT2D eigenvalue weighted by atomic mass is 16.5. The van der Waals surface area contributed by atoms with Gasteiger partial charge in [-0.3, -0.25) is 52.7 Å². The summed E-state index contributed by atoms with van der Waals surface area (Å²) in [7, 11) is 8.42. The van der Waals surface area contributed by atoms with Gasteiger partial charge >= 0.3 is 0 Å². The quantitative estimate of drug-likeness (QED) is 0.0348. The Morgan fingerprint density at radius 2 is 1.01 bits per heavy atom. The molecule has 0 aliphatic carbocycles. The Bertz CT molecular complexity index is 2590. The number of rotatable bonds is 21. The number of azide groups is 1. The van der Waals surface area contributed by atoms with Crippen molar-refractivity contribution < 1.29 is 62.6 Å². The number of carbonyl (C=O) groups excluding carboxylic acids is 11. The van der Waals surface area contributed by atoms with E-state index in [1.165, 1.54) is 87.6 Å². The van der Waals surface area contributed by atoms with Gasteiger partial charge in [-0.25, -0.2) is 0 Å². The summed E-state index contributed by atoms with van der Waals surface area (Å²) < 4.78 is 6.19. The molecule has 530 valence electrons. The third-order valence-corrected chi connectivity index (χ3v) is 17.3. The molecule has 93 heavy (non-hydrogen) atoms. The first-order chi connectivity index (χ1) is 43.2. The molecule has 0 radical (unpaired) electrons. The van der Waals surface area contributed by atoms with Crippen LogP contribution in [0.4, 0.5) is 0 Å². The second-order valence-corrected chi connectivity index (χ2v) is 27.2. The number of nitrogens with zero attached hydrogens (tertiary/aromatic N) is 10. The summed E-state index contributed by atoms with van der Waals surface area (Å²) in [4.78, 5) is 175. The average molecular weight is 1320 g/mol. The zero-order valence-corrected chi connectivity index (χ0v) is 60.5. The Morgan fingerprint density at radius 1 is 0.538 bits per heavy atom. The van der Waals surface area contributed by atoms with E-state index in [1.54, 1.807) is 74.5 Å². The van der Waals surface area contributed by atoms with Gasteiger partial charge in [0.15, 0.2) is 0 Å². The summed E-state index contributed by atoms with van der Waals surface area (Å²) in [5.41, 5.74) is 8.82. The predicted octanol–water partition coefficient (Wildman–Crippen LogP) is 4.50. The number of carbonyl (C=O) groups is 11. The van der Waals surface area contributed by atoms with Crippen LogP contribution in [0, 0.1) is 35.5 Å². The first-order valence-corrected chi connectivity index (χ1v) is 33.3. The molecule has 1 saturated heterocycles. The van der Waals surface area contributed by atoms with E-state index in [4.69, 9.17) is 10.3 Å². The van der Waals surface area contributed by atoms with Crippen molar-refractivity contribution in [3.8, 4) is 0 Å². The van der Waals surface area contributed by atoms with E-state index in [9.17, 15) is 24.3 Å². The lowest BCUT2D eigenvalue weighted by atomic mass is 9.93. The predicted molar refractivity (Wildman–Crippen MR) is 357 cm³/mol. The molecule has 0 aromatic rings. The second kappa shape index (κ2) is 39.8. The molecule has 27 heteroatoms. The summed E-state index contributed by atoms with van der Waals surface area (Å²) in [5, 5.41) is 26.7. The number of hydrogen-bond acceptors (Lipinski definition) is 14. The zero-order chi connectivity index (χ0) is 71.8. The highest BCUT2D eigenvalue weighted by Crippen LogP contribution is 2.26. The van der Waals surface area contributed by atoms with Crippen molar-refractivity contribution in [3.63, 3.8) is 0 Å². The lowest BCUT2D eigenvalue weighted by Crippen LogP contribution is -2.64. The number of nitrogens with one attached hydrogen (secondary N) is 4. The molecule has 1 aliphatic rings. The molecule has 0 spiro atoms. The lowest BCUT2D eigenvalue weighted by Gasteiger charge is -2.41. The molecular weight excluding hydrogens is 1200 g/mol. The summed E-state index contributed by atoms with van der Waals surface area (Å²) >= 11 is 0. The Kier molecular flexibility index (Phi) is 36.0. The fourth-order valence-corrected chi connectivity index (χ4v) is 11.7. The van der Waals surface area contributed by atoms with Gasteiger partial charge in [-0.15, -0.1) is 0 Å². The van der Waals surface area contributed by atoms with E-state index >= 15 is 33.6 Å². The molecule has 1 fully saturated rings. The third kappa shape index (κ3) is 23.8. The van der Waals surface area contributed by atoms with E-state index in [0.717, 1.165) is 9.80 Å². The number of aliphatic hydroxyl groups is 1. The number of hydrogen-bond donors (Lipinski definition) is 5. The molecule has 0 aromatic heterocycles. The molecule has 0 aromatic carbocycles. The molecule has 14 atom stereocenters. The summed E-state index contributed by atoms with van der Waals surface area (Å²) in [6.07, 6.45) is 2.24. The summed E-state index contributed by atoms with van der Waals surface area (Å²) in [6.45, 7) is 30.9. The number of allylic oxidation sites excluding steroid dienone is 1. The van der Waals surface area contributed by atoms with Crippen LogP contribution in [0.1, 0.15) is 170 Å². The highest BCUT2D eigenvalue weighted by Gasteiger charge is 2.47. The summed E-state index contributed by atoms with van der Waals surface area (Å²) in [6, 6.07) is -14.4. The van der Waals surface area contributed by atoms with Gasteiger partial charge < -0.3 is 65.4 Å². The van der Waals surface area contributed by atoms with Crippen molar-refractivity contribution >= 4 is 65.0 Å². The minimum Gasteiger partial charge on any atom is -0.390 e. The van der Waals surface area contributed by atoms with Gasteiger partial charge in [0.2, 0.25) is 65.0 Å². The normalized spacial score (nSPS) is 26.6. The largest absolute Gasteiger partial charge is 0.390 e. The van der Waals surface area contributed by atoms with Crippen LogP contribution in [0.3, 0.4) is 0 Å². The molecule has 1 rings (SSSR count). The number of likely N-dealkylation sites (N-methyl/N-ethyl adjacent to an activating group) is 6. The number of ether oxygens (including phenoxy) is 1. The molecule has 27 nitrogen and oxygen atoms in total. The molecule has 5 N–H and O–H groups in total. The fraction of sp³-hybridized carbons (Fsp3) is 0.803. The zero-order valence-electron chi connectivity index (χ0n) is 60.5. The standard InChI is InChI=1S/C66H118N14O13/c1-25-30-42(14)55(81)54-59(85)71-47(27-3)62(88)80(32-26-2)45(17)61(87)78(23)53(46(18)93-33-29-28-31-68-73-67)58(84)72-51(40(10)11)65(91)74(19)48(34-37(4)5)57(83)69-43(15)56(82)70-44(16)60(86)75(20)49(35-38(6)7)63(89)76(21)50(36-39(8)9)64(90)77(22)52(41(12)13)66(92)79(54)24/h25,30,37-55,81H,26-29,31-36H2,1-24H3,(H,69,83)(H,70,82)(H,71,85)(H,72,84)/b30-25+/t42-,43+,44-,45-,46-,47+,48+,49+,50+,51+,52+,53?,54+,55-/m1/s1. The maximum atomic E-state index is 15.3. The van der Waals surface area contributed by atoms with Crippen LogP contribution >= 0.6 is 0 Å². The molecule has 1 unspecified atom stereocenters. The minimum absolute atomic E-state index is 0.00496. The molecule has 0 saturated carbocycles. The van der Waals surface area contributed by atoms with Crippen LogP contribution in [-0.2, 0) is 57.5 Å². The average Bonchev–Trinajstić information content (AvgIpc) is 0.822. The molecule has 0 bridgehead atoms. The lowest BCUT2D eigenvalue weighted by molar-refractivity contribution is -0.157. The van der Waals surface area contributed by atoms with Crippen molar-refractivity contribution in [1.82, 2.24) is 55.6 Å². The van der Waals surface area contributed by atoms with Crippen molar-refractivity contribution in [2.24, 2.45) is 40.6 Å². The van der Waals surface area contributed by atoms with Crippen molar-refractivity contribution in [1.29, 1.82) is 0 Å².